The van der Waals surface area contributed by atoms with Crippen LogP contribution in [-0.4, -0.2) is 24.3 Å². The molecule has 0 atom stereocenters. The lowest BCUT2D eigenvalue weighted by atomic mass is 10.1. The van der Waals surface area contributed by atoms with Crippen molar-refractivity contribution in [2.45, 2.75) is 0 Å². The number of rotatable bonds is 3. The quantitative estimate of drug-likeness (QED) is 0.224. The minimum absolute atomic E-state index is 0.163. The SMILES string of the molecule is O=c1c2ccccc2nc2c3ccccc3cc(-c3nc(-c4ccccc4)nc(-c4ccccc4)n3)n12. The van der Waals surface area contributed by atoms with E-state index in [0.717, 1.165) is 21.9 Å². The Labute approximate surface area is 211 Å². The zero-order valence-corrected chi connectivity index (χ0v) is 19.6. The molecule has 37 heavy (non-hydrogen) atoms. The largest absolute Gasteiger partial charge is 0.268 e. The Bertz CT molecular complexity index is 1940. The molecule has 0 unspecified atom stereocenters. The van der Waals surface area contributed by atoms with Crippen LogP contribution in [0, 0.1) is 0 Å². The van der Waals surface area contributed by atoms with Gasteiger partial charge in [-0.05, 0) is 23.6 Å². The first-order valence-corrected chi connectivity index (χ1v) is 12.0. The highest BCUT2D eigenvalue weighted by atomic mass is 16.1. The summed E-state index contributed by atoms with van der Waals surface area (Å²) in [5.74, 6) is 1.47. The standard InChI is InChI=1S/C31H19N5O/c37-31-24-17-9-10-18-25(24)32-30-23-16-8-7-15-22(23)19-26(36(30)31)29-34-27(20-11-3-1-4-12-20)33-28(35-29)21-13-5-2-6-14-21/h1-19H. The van der Waals surface area contributed by atoms with E-state index in [1.807, 2.05) is 109 Å². The van der Waals surface area contributed by atoms with Crippen molar-refractivity contribution < 1.29 is 0 Å². The van der Waals surface area contributed by atoms with Gasteiger partial charge in [0, 0.05) is 16.5 Å². The van der Waals surface area contributed by atoms with Crippen molar-refractivity contribution in [1.29, 1.82) is 0 Å². The summed E-state index contributed by atoms with van der Waals surface area (Å²) >= 11 is 0. The predicted molar refractivity (Wildman–Crippen MR) is 146 cm³/mol. The summed E-state index contributed by atoms with van der Waals surface area (Å²) in [7, 11) is 0. The van der Waals surface area contributed by atoms with Crippen LogP contribution in [0.3, 0.4) is 0 Å². The number of nitrogens with zero attached hydrogens (tertiary/aromatic N) is 5. The van der Waals surface area contributed by atoms with Gasteiger partial charge in [0.05, 0.1) is 16.6 Å². The Morgan fingerprint density at radius 2 is 1.05 bits per heavy atom. The summed E-state index contributed by atoms with van der Waals surface area (Å²) in [5, 5.41) is 2.37. The van der Waals surface area contributed by atoms with Gasteiger partial charge in [0.15, 0.2) is 17.5 Å². The summed E-state index contributed by atoms with van der Waals surface area (Å²) < 4.78 is 1.63. The number of hydrogen-bond donors (Lipinski definition) is 0. The topological polar surface area (TPSA) is 73.0 Å². The zero-order chi connectivity index (χ0) is 24.8. The fraction of sp³-hybridized carbons (Fsp3) is 0. The summed E-state index contributed by atoms with van der Waals surface area (Å²) in [4.78, 5) is 33.3. The van der Waals surface area contributed by atoms with E-state index >= 15 is 0 Å². The first kappa shape index (κ1) is 21.1. The summed E-state index contributed by atoms with van der Waals surface area (Å²) in [6.45, 7) is 0. The van der Waals surface area contributed by atoms with Crippen LogP contribution in [0.4, 0.5) is 0 Å². The van der Waals surface area contributed by atoms with Crippen LogP contribution in [-0.2, 0) is 0 Å². The molecule has 7 aromatic rings. The maximum absolute atomic E-state index is 13.9. The van der Waals surface area contributed by atoms with Gasteiger partial charge in [-0.2, -0.15) is 0 Å². The van der Waals surface area contributed by atoms with Crippen molar-refractivity contribution in [3.05, 3.63) is 126 Å². The van der Waals surface area contributed by atoms with E-state index in [1.165, 1.54) is 0 Å². The van der Waals surface area contributed by atoms with Gasteiger partial charge in [-0.1, -0.05) is 97.1 Å². The third-order valence-corrected chi connectivity index (χ3v) is 6.44. The lowest BCUT2D eigenvalue weighted by molar-refractivity contribution is 1.02. The van der Waals surface area contributed by atoms with E-state index < -0.39 is 0 Å². The first-order chi connectivity index (χ1) is 18.3. The average Bonchev–Trinajstić information content (AvgIpc) is 2.97. The molecule has 0 amide bonds. The third-order valence-electron chi connectivity index (χ3n) is 6.44. The highest BCUT2D eigenvalue weighted by Gasteiger charge is 2.18. The minimum atomic E-state index is -0.163. The molecule has 0 aliphatic rings. The molecule has 3 aromatic heterocycles. The molecule has 7 rings (SSSR count). The molecule has 6 nitrogen and oxygen atoms in total. The number of pyridine rings is 1. The second-order valence-electron chi connectivity index (χ2n) is 8.75. The number of hydrogen-bond acceptors (Lipinski definition) is 5. The monoisotopic (exact) mass is 477 g/mol. The fourth-order valence-electron chi connectivity index (χ4n) is 4.66. The fourth-order valence-corrected chi connectivity index (χ4v) is 4.66. The Morgan fingerprint density at radius 3 is 1.73 bits per heavy atom. The zero-order valence-electron chi connectivity index (χ0n) is 19.6. The molecule has 3 heterocycles. The van der Waals surface area contributed by atoms with Gasteiger partial charge >= 0.3 is 0 Å². The number of benzene rings is 4. The summed E-state index contributed by atoms with van der Waals surface area (Å²) in [6.07, 6.45) is 0. The van der Waals surface area contributed by atoms with Crippen LogP contribution in [0.5, 0.6) is 0 Å². The molecule has 0 fully saturated rings. The van der Waals surface area contributed by atoms with E-state index in [-0.39, 0.29) is 5.56 Å². The van der Waals surface area contributed by atoms with E-state index in [0.29, 0.717) is 39.7 Å². The van der Waals surface area contributed by atoms with Crippen LogP contribution < -0.4 is 5.56 Å². The van der Waals surface area contributed by atoms with Crippen LogP contribution in [0.25, 0.3) is 61.6 Å². The molecule has 0 saturated heterocycles. The molecule has 174 valence electrons. The maximum Gasteiger partial charge on any atom is 0.266 e. The van der Waals surface area contributed by atoms with Crippen LogP contribution in [0.15, 0.2) is 120 Å². The van der Waals surface area contributed by atoms with Gasteiger partial charge in [-0.3, -0.25) is 9.20 Å². The van der Waals surface area contributed by atoms with Gasteiger partial charge in [-0.15, -0.1) is 0 Å². The lowest BCUT2D eigenvalue weighted by Crippen LogP contribution is -2.18. The molecule has 0 saturated carbocycles. The van der Waals surface area contributed by atoms with Crippen LogP contribution >= 0.6 is 0 Å². The highest BCUT2D eigenvalue weighted by molar-refractivity contribution is 5.98. The second kappa shape index (κ2) is 8.46. The van der Waals surface area contributed by atoms with Crippen molar-refractivity contribution >= 4 is 27.3 Å². The molecule has 0 radical (unpaired) electrons. The molecular weight excluding hydrogens is 458 g/mol. The van der Waals surface area contributed by atoms with E-state index in [1.54, 1.807) is 10.5 Å². The van der Waals surface area contributed by atoms with E-state index in [4.69, 9.17) is 19.9 Å². The van der Waals surface area contributed by atoms with Crippen molar-refractivity contribution in [3.63, 3.8) is 0 Å². The van der Waals surface area contributed by atoms with Gasteiger partial charge < -0.3 is 0 Å². The smallest absolute Gasteiger partial charge is 0.266 e. The Morgan fingerprint density at radius 1 is 0.514 bits per heavy atom. The van der Waals surface area contributed by atoms with Gasteiger partial charge in [-0.25, -0.2) is 19.9 Å². The van der Waals surface area contributed by atoms with E-state index in [9.17, 15) is 4.79 Å². The normalized spacial score (nSPS) is 11.4. The summed E-state index contributed by atoms with van der Waals surface area (Å²) in [6, 6.07) is 36.9. The molecule has 0 aliphatic carbocycles. The van der Waals surface area contributed by atoms with Crippen molar-refractivity contribution in [3.8, 4) is 34.3 Å². The number of aromatic nitrogens is 5. The molecule has 6 heteroatoms. The summed E-state index contributed by atoms with van der Waals surface area (Å²) in [5.41, 5.74) is 3.35. The van der Waals surface area contributed by atoms with E-state index in [2.05, 4.69) is 0 Å². The molecule has 0 aliphatic heterocycles. The molecule has 0 N–H and O–H groups in total. The number of para-hydroxylation sites is 1. The lowest BCUT2D eigenvalue weighted by Gasteiger charge is -2.13. The molecule has 0 spiro atoms. The third kappa shape index (κ3) is 3.54. The minimum Gasteiger partial charge on any atom is -0.268 e. The van der Waals surface area contributed by atoms with Crippen molar-refractivity contribution in [2.24, 2.45) is 0 Å². The van der Waals surface area contributed by atoms with Crippen molar-refractivity contribution in [2.75, 3.05) is 0 Å². The van der Waals surface area contributed by atoms with Crippen LogP contribution in [0.2, 0.25) is 0 Å². The van der Waals surface area contributed by atoms with Gasteiger partial charge in [0.25, 0.3) is 5.56 Å². The van der Waals surface area contributed by atoms with Crippen molar-refractivity contribution in [1.82, 2.24) is 24.3 Å². The maximum atomic E-state index is 13.9. The highest BCUT2D eigenvalue weighted by Crippen LogP contribution is 2.29. The average molecular weight is 478 g/mol. The van der Waals surface area contributed by atoms with Gasteiger partial charge in [0.2, 0.25) is 0 Å². The molecular formula is C31H19N5O. The second-order valence-corrected chi connectivity index (χ2v) is 8.75. The molecule has 4 aromatic carbocycles. The first-order valence-electron chi connectivity index (χ1n) is 12.0. The Balaban J connectivity index is 1.62. The predicted octanol–water partition coefficient (Wildman–Crippen LogP) is 6.19. The van der Waals surface area contributed by atoms with Gasteiger partial charge in [0.1, 0.15) is 5.65 Å². The molecule has 0 bridgehead atoms. The van der Waals surface area contributed by atoms with Crippen LogP contribution in [0.1, 0.15) is 0 Å². The Kier molecular flexibility index (Phi) is 4.82. The number of fused-ring (bicyclic) bond motifs is 4. The Hall–Kier alpha value is -5.23.